The van der Waals surface area contributed by atoms with E-state index in [0.717, 1.165) is 28.1 Å². The minimum atomic E-state index is -0.133. The van der Waals surface area contributed by atoms with Crippen molar-refractivity contribution in [3.8, 4) is 11.4 Å². The molecule has 146 valence electrons. The number of halogens is 1. The van der Waals surface area contributed by atoms with Crippen LogP contribution in [0.5, 0.6) is 0 Å². The topological polar surface area (TPSA) is 72.2 Å². The zero-order chi connectivity index (χ0) is 20.5. The summed E-state index contributed by atoms with van der Waals surface area (Å²) >= 11 is 6.15. The first kappa shape index (κ1) is 19.1. The van der Waals surface area contributed by atoms with Crippen molar-refractivity contribution in [3.63, 3.8) is 0 Å². The van der Waals surface area contributed by atoms with Crippen LogP contribution in [-0.2, 0) is 11.2 Å². The van der Waals surface area contributed by atoms with Gasteiger partial charge in [-0.3, -0.25) is 4.79 Å². The fourth-order valence-corrected chi connectivity index (χ4v) is 3.45. The minimum Gasteiger partial charge on any atom is -0.326 e. The highest BCUT2D eigenvalue weighted by Gasteiger charge is 2.17. The number of benzene rings is 2. The second-order valence-corrected chi connectivity index (χ2v) is 7.32. The van der Waals surface area contributed by atoms with Crippen LogP contribution in [0.4, 0.5) is 5.69 Å². The summed E-state index contributed by atoms with van der Waals surface area (Å²) in [7, 11) is 0. The summed E-state index contributed by atoms with van der Waals surface area (Å²) in [4.78, 5) is 21.8. The maximum atomic E-state index is 12.7. The number of carbonyl (C=O) groups is 1. The van der Waals surface area contributed by atoms with Gasteiger partial charge in [0.1, 0.15) is 0 Å². The Morgan fingerprint density at radius 1 is 1.03 bits per heavy atom. The Labute approximate surface area is 173 Å². The number of carbonyl (C=O) groups excluding carboxylic acids is 1. The molecule has 2 aromatic heterocycles. The minimum absolute atomic E-state index is 0.133. The lowest BCUT2D eigenvalue weighted by Gasteiger charge is -2.12. The Morgan fingerprint density at radius 2 is 1.79 bits per heavy atom. The summed E-state index contributed by atoms with van der Waals surface area (Å²) in [6, 6.07) is 15.2. The summed E-state index contributed by atoms with van der Waals surface area (Å²) in [5, 5.41) is 8.15. The fourth-order valence-electron chi connectivity index (χ4n) is 3.27. The number of anilines is 1. The average Bonchev–Trinajstić information content (AvgIpc) is 3.13. The zero-order valence-corrected chi connectivity index (χ0v) is 17.2. The molecule has 29 heavy (non-hydrogen) atoms. The molecule has 1 N–H and O–H groups in total. The van der Waals surface area contributed by atoms with Gasteiger partial charge >= 0.3 is 0 Å². The molecule has 0 saturated carbocycles. The lowest BCUT2D eigenvalue weighted by molar-refractivity contribution is -0.115. The van der Waals surface area contributed by atoms with Crippen LogP contribution in [0.3, 0.4) is 0 Å². The van der Waals surface area contributed by atoms with Gasteiger partial charge < -0.3 is 5.32 Å². The van der Waals surface area contributed by atoms with Gasteiger partial charge in [-0.1, -0.05) is 48.0 Å². The van der Waals surface area contributed by atoms with Gasteiger partial charge in [0.15, 0.2) is 5.82 Å². The highest BCUT2D eigenvalue weighted by molar-refractivity contribution is 6.31. The van der Waals surface area contributed by atoms with Gasteiger partial charge in [0.25, 0.3) is 5.78 Å². The predicted molar refractivity (Wildman–Crippen MR) is 114 cm³/mol. The summed E-state index contributed by atoms with van der Waals surface area (Å²) < 4.78 is 1.70. The van der Waals surface area contributed by atoms with Crippen LogP contribution >= 0.6 is 11.6 Å². The smallest absolute Gasteiger partial charge is 0.253 e. The largest absolute Gasteiger partial charge is 0.326 e. The van der Waals surface area contributed by atoms with E-state index in [-0.39, 0.29) is 12.3 Å². The first-order valence-electron chi connectivity index (χ1n) is 9.27. The Bertz CT molecular complexity index is 1220. The fraction of sp³-hybridized carbons (Fsp3) is 0.182. The van der Waals surface area contributed by atoms with E-state index in [1.807, 2.05) is 63.2 Å². The number of amides is 1. The summed E-state index contributed by atoms with van der Waals surface area (Å²) in [6.45, 7) is 5.69. The molecule has 6 nitrogen and oxygen atoms in total. The molecule has 0 unspecified atom stereocenters. The number of rotatable bonds is 4. The third-order valence-corrected chi connectivity index (χ3v) is 5.37. The van der Waals surface area contributed by atoms with Crippen molar-refractivity contribution in [2.75, 3.05) is 5.32 Å². The third-order valence-electron chi connectivity index (χ3n) is 4.96. The number of fused-ring (bicyclic) bond motifs is 1. The van der Waals surface area contributed by atoms with E-state index in [1.54, 1.807) is 10.6 Å². The van der Waals surface area contributed by atoms with Gasteiger partial charge in [0.05, 0.1) is 6.42 Å². The van der Waals surface area contributed by atoms with E-state index in [1.165, 1.54) is 0 Å². The number of aryl methyl sites for hydroxylation is 2. The molecular formula is C22H20ClN5O. The first-order chi connectivity index (χ1) is 13.9. The molecule has 0 atom stereocenters. The normalized spacial score (nSPS) is 11.0. The van der Waals surface area contributed by atoms with Crippen molar-refractivity contribution < 1.29 is 4.79 Å². The molecule has 2 aromatic carbocycles. The van der Waals surface area contributed by atoms with Gasteiger partial charge in [-0.2, -0.15) is 4.98 Å². The van der Waals surface area contributed by atoms with Crippen molar-refractivity contribution in [1.29, 1.82) is 0 Å². The Balaban J connectivity index is 1.65. The molecule has 0 radical (unpaired) electrons. The van der Waals surface area contributed by atoms with Gasteiger partial charge in [-0.25, -0.2) is 9.50 Å². The van der Waals surface area contributed by atoms with Crippen LogP contribution in [0.2, 0.25) is 5.02 Å². The SMILES string of the molecule is Cc1nc2nc(-c3ccccc3)nn2c(C)c1CC(=O)Nc1cccc(Cl)c1C. The monoisotopic (exact) mass is 405 g/mol. The average molecular weight is 406 g/mol. The van der Waals surface area contributed by atoms with E-state index in [4.69, 9.17) is 11.6 Å². The van der Waals surface area contributed by atoms with E-state index >= 15 is 0 Å². The molecule has 0 saturated heterocycles. The number of aromatic nitrogens is 4. The van der Waals surface area contributed by atoms with Crippen LogP contribution < -0.4 is 5.32 Å². The third kappa shape index (κ3) is 3.71. The lowest BCUT2D eigenvalue weighted by Crippen LogP contribution is -2.18. The number of nitrogens with one attached hydrogen (secondary N) is 1. The number of hydrogen-bond acceptors (Lipinski definition) is 4. The van der Waals surface area contributed by atoms with Gasteiger partial charge in [0, 0.05) is 33.2 Å². The van der Waals surface area contributed by atoms with E-state index < -0.39 is 0 Å². The highest BCUT2D eigenvalue weighted by atomic mass is 35.5. The maximum Gasteiger partial charge on any atom is 0.253 e. The summed E-state index contributed by atoms with van der Waals surface area (Å²) in [5.41, 5.74) is 4.91. The quantitative estimate of drug-likeness (QED) is 0.540. The van der Waals surface area contributed by atoms with Crippen molar-refractivity contribution in [2.45, 2.75) is 27.2 Å². The molecule has 7 heteroatoms. The van der Waals surface area contributed by atoms with E-state index in [2.05, 4.69) is 20.4 Å². The molecule has 0 aliphatic carbocycles. The van der Waals surface area contributed by atoms with Gasteiger partial charge in [0.2, 0.25) is 5.91 Å². The Kier molecular flexibility index (Phi) is 5.03. The van der Waals surface area contributed by atoms with E-state index in [9.17, 15) is 4.79 Å². The predicted octanol–water partition coefficient (Wildman–Crippen LogP) is 4.55. The van der Waals surface area contributed by atoms with Crippen LogP contribution in [0.1, 0.15) is 22.5 Å². The van der Waals surface area contributed by atoms with Crippen LogP contribution in [0.25, 0.3) is 17.2 Å². The maximum absolute atomic E-state index is 12.7. The molecule has 0 bridgehead atoms. The molecule has 4 aromatic rings. The standard InChI is InChI=1S/C22H20ClN5O/c1-13-18(23)10-7-11-19(13)25-20(29)12-17-14(2)24-22-26-21(27-28(22)15(17)3)16-8-5-4-6-9-16/h4-11H,12H2,1-3H3,(H,25,29). The molecule has 1 amide bonds. The molecule has 0 spiro atoms. The number of hydrogen-bond donors (Lipinski definition) is 1. The van der Waals surface area contributed by atoms with Crippen molar-refractivity contribution in [1.82, 2.24) is 19.6 Å². The highest BCUT2D eigenvalue weighted by Crippen LogP contribution is 2.24. The van der Waals surface area contributed by atoms with Crippen LogP contribution in [-0.4, -0.2) is 25.5 Å². The molecule has 0 aliphatic heterocycles. The van der Waals surface area contributed by atoms with E-state index in [0.29, 0.717) is 22.3 Å². The Hall–Kier alpha value is -3.25. The van der Waals surface area contributed by atoms with Crippen molar-refractivity contribution >= 4 is 29.0 Å². The molecular weight excluding hydrogens is 386 g/mol. The second-order valence-electron chi connectivity index (χ2n) is 6.91. The van der Waals surface area contributed by atoms with Crippen LogP contribution in [0.15, 0.2) is 48.5 Å². The van der Waals surface area contributed by atoms with Crippen LogP contribution in [0, 0.1) is 20.8 Å². The molecule has 4 rings (SSSR count). The molecule has 0 aliphatic rings. The van der Waals surface area contributed by atoms with Gasteiger partial charge in [-0.05, 0) is 38.5 Å². The summed E-state index contributed by atoms with van der Waals surface area (Å²) in [6.07, 6.45) is 0.188. The molecule has 0 fully saturated rings. The second kappa shape index (κ2) is 7.64. The first-order valence-corrected chi connectivity index (χ1v) is 9.65. The molecule has 2 heterocycles. The Morgan fingerprint density at radius 3 is 2.55 bits per heavy atom. The summed E-state index contributed by atoms with van der Waals surface area (Å²) in [5.74, 6) is 0.997. The lowest BCUT2D eigenvalue weighted by atomic mass is 10.1. The van der Waals surface area contributed by atoms with Crippen molar-refractivity contribution in [3.05, 3.63) is 76.1 Å². The number of nitrogens with zero attached hydrogens (tertiary/aromatic N) is 4. The zero-order valence-electron chi connectivity index (χ0n) is 16.4. The van der Waals surface area contributed by atoms with Crippen molar-refractivity contribution in [2.24, 2.45) is 0 Å². The van der Waals surface area contributed by atoms with Gasteiger partial charge in [-0.15, -0.1) is 5.10 Å².